The number of anilines is 1. The average molecular weight is 310 g/mol. The van der Waals surface area contributed by atoms with Crippen LogP contribution in [-0.2, 0) is 19.3 Å². The highest BCUT2D eigenvalue weighted by Crippen LogP contribution is 2.31. The normalized spacial score (nSPS) is 14.2. The number of alkyl halides is 3. The van der Waals surface area contributed by atoms with Crippen molar-refractivity contribution in [3.8, 4) is 0 Å². The van der Waals surface area contributed by atoms with E-state index in [2.05, 4.69) is 5.10 Å². The minimum absolute atomic E-state index is 0.260. The Hall–Kier alpha value is -2.51. The zero-order chi connectivity index (χ0) is 15.9. The van der Waals surface area contributed by atoms with Crippen molar-refractivity contribution in [1.82, 2.24) is 9.78 Å². The van der Waals surface area contributed by atoms with Crippen molar-refractivity contribution in [2.24, 2.45) is 5.73 Å². The predicted molar refractivity (Wildman–Crippen MR) is 73.2 cm³/mol. The highest BCUT2D eigenvalue weighted by molar-refractivity contribution is 5.97. The fourth-order valence-electron chi connectivity index (χ4n) is 2.59. The number of carbonyl (C=O) groups is 1. The van der Waals surface area contributed by atoms with Gasteiger partial charge in [0.2, 0.25) is 0 Å². The third-order valence-electron chi connectivity index (χ3n) is 3.59. The second-order valence-electron chi connectivity index (χ2n) is 5.09. The first-order valence-electron chi connectivity index (χ1n) is 6.63. The molecule has 0 atom stereocenters. The number of primary amides is 1. The lowest BCUT2D eigenvalue weighted by molar-refractivity contribution is -0.137. The van der Waals surface area contributed by atoms with Gasteiger partial charge in [-0.15, -0.1) is 0 Å². The van der Waals surface area contributed by atoms with Crippen molar-refractivity contribution >= 4 is 11.7 Å². The van der Waals surface area contributed by atoms with Gasteiger partial charge >= 0.3 is 6.18 Å². The van der Waals surface area contributed by atoms with Crippen molar-refractivity contribution < 1.29 is 18.0 Å². The summed E-state index contributed by atoms with van der Waals surface area (Å²) in [5.41, 5.74) is 5.41. The summed E-state index contributed by atoms with van der Waals surface area (Å²) >= 11 is 0. The van der Waals surface area contributed by atoms with Crippen LogP contribution >= 0.6 is 0 Å². The van der Waals surface area contributed by atoms with Gasteiger partial charge in [0, 0.05) is 13.1 Å². The number of nitrogens with two attached hydrogens (primary N) is 1. The average Bonchev–Trinajstić information content (AvgIpc) is 3.01. The molecule has 2 heterocycles. The van der Waals surface area contributed by atoms with Crippen LogP contribution in [0, 0.1) is 0 Å². The van der Waals surface area contributed by atoms with E-state index in [0.29, 0.717) is 24.5 Å². The maximum Gasteiger partial charge on any atom is 0.416 e. The van der Waals surface area contributed by atoms with Crippen molar-refractivity contribution in [3.63, 3.8) is 0 Å². The maximum atomic E-state index is 12.8. The van der Waals surface area contributed by atoms with Crippen molar-refractivity contribution in [2.75, 3.05) is 11.4 Å². The highest BCUT2D eigenvalue weighted by Gasteiger charge is 2.31. The molecule has 0 bridgehead atoms. The standard InChI is InChI=1S/C14H13F3N4O/c15-14(16,17)10-3-1-2-9(6-10)8-20-4-5-21-13(20)11(7-19-21)12(18)22/h1-3,6-7H,4-5,8H2,(H2,18,22). The molecule has 3 rings (SSSR count). The summed E-state index contributed by atoms with van der Waals surface area (Å²) in [6.07, 6.45) is -2.99. The molecule has 116 valence electrons. The number of fused-ring (bicyclic) bond motifs is 1. The van der Waals surface area contributed by atoms with Gasteiger partial charge in [0.25, 0.3) is 5.91 Å². The molecule has 1 aliphatic rings. The number of carbonyl (C=O) groups excluding carboxylic acids is 1. The second kappa shape index (κ2) is 5.04. The lowest BCUT2D eigenvalue weighted by Crippen LogP contribution is -2.23. The summed E-state index contributed by atoms with van der Waals surface area (Å²) in [5, 5.41) is 4.06. The van der Waals surface area contributed by atoms with Crippen LogP contribution in [0.15, 0.2) is 30.5 Å². The summed E-state index contributed by atoms with van der Waals surface area (Å²) in [6, 6.07) is 5.15. The number of nitrogens with zero attached hydrogens (tertiary/aromatic N) is 3. The Balaban J connectivity index is 1.88. The molecule has 2 N–H and O–H groups in total. The molecule has 8 heteroatoms. The van der Waals surface area contributed by atoms with Gasteiger partial charge in [0.05, 0.1) is 18.3 Å². The van der Waals surface area contributed by atoms with E-state index in [4.69, 9.17) is 5.73 Å². The van der Waals surface area contributed by atoms with Gasteiger partial charge in [0.1, 0.15) is 11.4 Å². The smallest absolute Gasteiger partial charge is 0.365 e. The zero-order valence-corrected chi connectivity index (χ0v) is 11.5. The minimum Gasteiger partial charge on any atom is -0.365 e. The fraction of sp³-hybridized carbons (Fsp3) is 0.286. The summed E-state index contributed by atoms with van der Waals surface area (Å²) in [5.74, 6) is -0.0397. The Morgan fingerprint density at radius 2 is 2.09 bits per heavy atom. The topological polar surface area (TPSA) is 64.2 Å². The van der Waals surface area contributed by atoms with Crippen molar-refractivity contribution in [1.29, 1.82) is 0 Å². The highest BCUT2D eigenvalue weighted by atomic mass is 19.4. The molecule has 0 saturated carbocycles. The number of amides is 1. The number of hydrogen-bond acceptors (Lipinski definition) is 3. The zero-order valence-electron chi connectivity index (χ0n) is 11.5. The van der Waals surface area contributed by atoms with Crippen LogP contribution in [0.2, 0.25) is 0 Å². The van der Waals surface area contributed by atoms with E-state index in [1.165, 1.54) is 12.3 Å². The molecule has 1 aromatic heterocycles. The van der Waals surface area contributed by atoms with E-state index in [9.17, 15) is 18.0 Å². The molecule has 5 nitrogen and oxygen atoms in total. The van der Waals surface area contributed by atoms with Crippen LogP contribution in [0.5, 0.6) is 0 Å². The minimum atomic E-state index is -4.37. The van der Waals surface area contributed by atoms with Crippen LogP contribution in [-0.4, -0.2) is 22.2 Å². The lowest BCUT2D eigenvalue weighted by atomic mass is 10.1. The third kappa shape index (κ3) is 2.51. The molecule has 1 aromatic carbocycles. The van der Waals surface area contributed by atoms with Gasteiger partial charge in [-0.05, 0) is 17.7 Å². The van der Waals surface area contributed by atoms with Gasteiger partial charge in [-0.3, -0.25) is 4.79 Å². The quantitative estimate of drug-likeness (QED) is 0.943. The summed E-state index contributed by atoms with van der Waals surface area (Å²) in [7, 11) is 0. The number of aromatic nitrogens is 2. The Kier molecular flexibility index (Phi) is 3.31. The van der Waals surface area contributed by atoms with Gasteiger partial charge in [-0.1, -0.05) is 12.1 Å². The van der Waals surface area contributed by atoms with Gasteiger partial charge in [-0.2, -0.15) is 18.3 Å². The lowest BCUT2D eigenvalue weighted by Gasteiger charge is -2.19. The van der Waals surface area contributed by atoms with E-state index in [-0.39, 0.29) is 12.1 Å². The fourth-order valence-corrected chi connectivity index (χ4v) is 2.59. The van der Waals surface area contributed by atoms with Gasteiger partial charge in [0.15, 0.2) is 0 Å². The predicted octanol–water partition coefficient (Wildman–Crippen LogP) is 2.02. The number of hydrogen-bond donors (Lipinski definition) is 1. The van der Waals surface area contributed by atoms with Gasteiger partial charge in [-0.25, -0.2) is 4.68 Å². The molecule has 1 aliphatic heterocycles. The van der Waals surface area contributed by atoms with Crippen LogP contribution in [0.25, 0.3) is 0 Å². The first-order chi connectivity index (χ1) is 10.4. The maximum absolute atomic E-state index is 12.8. The Morgan fingerprint density at radius 1 is 1.32 bits per heavy atom. The van der Waals surface area contributed by atoms with Gasteiger partial charge < -0.3 is 10.6 Å². The molecular formula is C14H13F3N4O. The Morgan fingerprint density at radius 3 is 2.77 bits per heavy atom. The molecule has 0 radical (unpaired) electrons. The second-order valence-corrected chi connectivity index (χ2v) is 5.09. The molecule has 0 unspecified atom stereocenters. The van der Waals surface area contributed by atoms with E-state index in [1.807, 2.05) is 4.90 Å². The monoisotopic (exact) mass is 310 g/mol. The first-order valence-corrected chi connectivity index (χ1v) is 6.63. The largest absolute Gasteiger partial charge is 0.416 e. The first kappa shape index (κ1) is 14.4. The molecule has 0 fully saturated rings. The molecular weight excluding hydrogens is 297 g/mol. The molecule has 0 saturated heterocycles. The summed E-state index contributed by atoms with van der Waals surface area (Å²) in [4.78, 5) is 13.2. The number of halogens is 3. The van der Waals surface area contributed by atoms with Crippen molar-refractivity contribution in [2.45, 2.75) is 19.3 Å². The van der Waals surface area contributed by atoms with E-state index in [1.54, 1.807) is 10.7 Å². The molecule has 1 amide bonds. The number of benzene rings is 1. The summed E-state index contributed by atoms with van der Waals surface area (Å²) in [6.45, 7) is 1.40. The molecule has 0 aliphatic carbocycles. The number of rotatable bonds is 3. The Labute approximate surface area is 124 Å². The third-order valence-corrected chi connectivity index (χ3v) is 3.59. The SMILES string of the molecule is NC(=O)c1cnn2c1N(Cc1cccc(C(F)(F)F)c1)CC2. The van der Waals surface area contributed by atoms with Crippen LogP contribution in [0.1, 0.15) is 21.5 Å². The molecule has 0 spiro atoms. The van der Waals surface area contributed by atoms with E-state index >= 15 is 0 Å². The van der Waals surface area contributed by atoms with E-state index in [0.717, 1.165) is 12.1 Å². The van der Waals surface area contributed by atoms with Crippen molar-refractivity contribution in [3.05, 3.63) is 47.2 Å². The molecule has 22 heavy (non-hydrogen) atoms. The Bertz CT molecular complexity index is 723. The molecule has 2 aromatic rings. The van der Waals surface area contributed by atoms with Crippen LogP contribution in [0.4, 0.5) is 19.0 Å². The van der Waals surface area contributed by atoms with Crippen LogP contribution in [0.3, 0.4) is 0 Å². The van der Waals surface area contributed by atoms with Crippen LogP contribution < -0.4 is 10.6 Å². The summed E-state index contributed by atoms with van der Waals surface area (Å²) < 4.78 is 39.9. The van der Waals surface area contributed by atoms with E-state index < -0.39 is 17.6 Å².